The van der Waals surface area contributed by atoms with Crippen molar-refractivity contribution in [2.75, 3.05) is 19.9 Å². The van der Waals surface area contributed by atoms with E-state index in [9.17, 15) is 4.79 Å². The van der Waals surface area contributed by atoms with Crippen molar-refractivity contribution in [3.05, 3.63) is 94.5 Å². The Labute approximate surface area is 201 Å². The van der Waals surface area contributed by atoms with Gasteiger partial charge in [0.05, 0.1) is 0 Å². The molecule has 5 nitrogen and oxygen atoms in total. The van der Waals surface area contributed by atoms with Crippen molar-refractivity contribution >= 4 is 5.91 Å². The van der Waals surface area contributed by atoms with Crippen molar-refractivity contribution in [3.8, 4) is 11.5 Å². The summed E-state index contributed by atoms with van der Waals surface area (Å²) in [5.41, 5.74) is 5.65. The first-order chi connectivity index (χ1) is 16.6. The number of fused-ring (bicyclic) bond motifs is 1. The number of nitrogens with zero attached hydrogens (tertiary/aromatic N) is 1. The van der Waals surface area contributed by atoms with Crippen LogP contribution in [0.3, 0.4) is 0 Å². The topological polar surface area (TPSA) is 50.8 Å². The quantitative estimate of drug-likeness (QED) is 0.537. The lowest BCUT2D eigenvalue weighted by molar-refractivity contribution is 0.0951. The maximum absolute atomic E-state index is 12.5. The van der Waals surface area contributed by atoms with Crippen LogP contribution in [0.2, 0.25) is 0 Å². The lowest BCUT2D eigenvalue weighted by Crippen LogP contribution is -2.33. The molecule has 0 bridgehead atoms. The van der Waals surface area contributed by atoms with Gasteiger partial charge in [-0.05, 0) is 91.7 Å². The van der Waals surface area contributed by atoms with Gasteiger partial charge >= 0.3 is 0 Å². The molecular formula is C29H32N2O3. The minimum absolute atomic E-state index is 0.0216. The van der Waals surface area contributed by atoms with Crippen LogP contribution in [0.4, 0.5) is 0 Å². The minimum atomic E-state index is -0.0216. The predicted octanol–water partition coefficient (Wildman–Crippen LogP) is 5.11. The fourth-order valence-electron chi connectivity index (χ4n) is 4.86. The van der Waals surface area contributed by atoms with E-state index in [2.05, 4.69) is 53.5 Å². The van der Waals surface area contributed by atoms with Gasteiger partial charge in [0.2, 0.25) is 6.79 Å². The molecule has 3 aromatic carbocycles. The average Bonchev–Trinajstić information content (AvgIpc) is 3.33. The number of rotatable bonds is 7. The fraction of sp³-hybridized carbons (Fsp3) is 0.345. The van der Waals surface area contributed by atoms with Crippen LogP contribution in [0, 0.1) is 12.8 Å². The Morgan fingerprint density at radius 1 is 0.941 bits per heavy atom. The van der Waals surface area contributed by atoms with Crippen molar-refractivity contribution < 1.29 is 14.3 Å². The van der Waals surface area contributed by atoms with Gasteiger partial charge in [-0.1, -0.05) is 42.5 Å². The van der Waals surface area contributed by atoms with Gasteiger partial charge in [-0.3, -0.25) is 9.69 Å². The largest absolute Gasteiger partial charge is 0.454 e. The summed E-state index contributed by atoms with van der Waals surface area (Å²) >= 11 is 0. The molecule has 2 aliphatic heterocycles. The van der Waals surface area contributed by atoms with Crippen molar-refractivity contribution in [3.63, 3.8) is 0 Å². The molecule has 176 valence electrons. The Balaban J connectivity index is 1.08. The molecule has 0 radical (unpaired) electrons. The number of nitrogens with one attached hydrogen (secondary N) is 1. The Bertz CT molecular complexity index is 1130. The zero-order valence-corrected chi connectivity index (χ0v) is 19.8. The molecule has 1 amide bonds. The van der Waals surface area contributed by atoms with Crippen LogP contribution in [-0.4, -0.2) is 30.7 Å². The Kier molecular flexibility index (Phi) is 6.82. The lowest BCUT2D eigenvalue weighted by Gasteiger charge is -2.32. The number of aryl methyl sites for hydroxylation is 1. The van der Waals surface area contributed by atoms with E-state index in [1.807, 2.05) is 30.3 Å². The van der Waals surface area contributed by atoms with E-state index in [-0.39, 0.29) is 5.91 Å². The molecule has 1 N–H and O–H groups in total. The van der Waals surface area contributed by atoms with Crippen LogP contribution in [0.25, 0.3) is 0 Å². The smallest absolute Gasteiger partial charge is 0.251 e. The van der Waals surface area contributed by atoms with Crippen LogP contribution in [0.15, 0.2) is 66.7 Å². The minimum Gasteiger partial charge on any atom is -0.454 e. The molecule has 0 unspecified atom stereocenters. The summed E-state index contributed by atoms with van der Waals surface area (Å²) in [5.74, 6) is 2.37. The van der Waals surface area contributed by atoms with Gasteiger partial charge in [0.15, 0.2) is 11.5 Å². The summed E-state index contributed by atoms with van der Waals surface area (Å²) in [6.07, 6.45) is 3.47. The summed E-state index contributed by atoms with van der Waals surface area (Å²) in [5, 5.41) is 3.04. The number of piperidine rings is 1. The molecule has 34 heavy (non-hydrogen) atoms. The van der Waals surface area contributed by atoms with Gasteiger partial charge in [-0.2, -0.15) is 0 Å². The first kappa shape index (κ1) is 22.5. The number of likely N-dealkylation sites (tertiary alicyclic amines) is 1. The summed E-state index contributed by atoms with van der Waals surface area (Å²) in [6, 6.07) is 22.5. The molecule has 2 heterocycles. The van der Waals surface area contributed by atoms with E-state index in [0.717, 1.165) is 48.7 Å². The Hall–Kier alpha value is -3.31. The van der Waals surface area contributed by atoms with Crippen LogP contribution in [0.1, 0.15) is 45.5 Å². The van der Waals surface area contributed by atoms with Gasteiger partial charge in [0, 0.05) is 18.7 Å². The van der Waals surface area contributed by atoms with Crippen LogP contribution in [-0.2, 0) is 19.5 Å². The van der Waals surface area contributed by atoms with Crippen molar-refractivity contribution in [1.29, 1.82) is 0 Å². The van der Waals surface area contributed by atoms with E-state index in [1.165, 1.54) is 29.5 Å². The number of hydrogen-bond acceptors (Lipinski definition) is 4. The van der Waals surface area contributed by atoms with E-state index < -0.39 is 0 Å². The first-order valence-electron chi connectivity index (χ1n) is 12.2. The highest BCUT2D eigenvalue weighted by Gasteiger charge is 2.21. The molecule has 2 aliphatic rings. The fourth-order valence-corrected chi connectivity index (χ4v) is 4.86. The van der Waals surface area contributed by atoms with Crippen LogP contribution in [0.5, 0.6) is 11.5 Å². The molecule has 0 atom stereocenters. The second kappa shape index (κ2) is 10.3. The van der Waals surface area contributed by atoms with Gasteiger partial charge in [-0.15, -0.1) is 0 Å². The van der Waals surface area contributed by atoms with Gasteiger partial charge < -0.3 is 14.8 Å². The monoisotopic (exact) mass is 456 g/mol. The third-order valence-corrected chi connectivity index (χ3v) is 6.99. The summed E-state index contributed by atoms with van der Waals surface area (Å²) in [4.78, 5) is 15.1. The molecule has 0 aromatic heterocycles. The van der Waals surface area contributed by atoms with Gasteiger partial charge in [-0.25, -0.2) is 0 Å². The Morgan fingerprint density at radius 2 is 1.68 bits per heavy atom. The standard InChI is InChI=1S/C29H32N2O3/c1-21-4-2-3-5-26(21)18-30-29(32)25-9-6-22(7-10-25)16-23-12-14-31(15-13-23)19-24-8-11-27-28(17-24)34-20-33-27/h2-11,17,23H,12-16,18-20H2,1H3,(H,30,32). The second-order valence-electron chi connectivity index (χ2n) is 9.42. The van der Waals surface area contributed by atoms with E-state index >= 15 is 0 Å². The number of amides is 1. The van der Waals surface area contributed by atoms with Crippen LogP contribution >= 0.6 is 0 Å². The van der Waals surface area contributed by atoms with Crippen molar-refractivity contribution in [2.45, 2.75) is 39.3 Å². The van der Waals surface area contributed by atoms with Gasteiger partial charge in [0.25, 0.3) is 5.91 Å². The molecular weight excluding hydrogens is 424 g/mol. The number of hydrogen-bond donors (Lipinski definition) is 1. The molecule has 0 aliphatic carbocycles. The highest BCUT2D eigenvalue weighted by molar-refractivity contribution is 5.94. The number of benzene rings is 3. The molecule has 1 saturated heterocycles. The number of carbonyl (C=O) groups is 1. The third-order valence-electron chi connectivity index (χ3n) is 6.99. The predicted molar refractivity (Wildman–Crippen MR) is 133 cm³/mol. The average molecular weight is 457 g/mol. The van der Waals surface area contributed by atoms with E-state index in [0.29, 0.717) is 19.3 Å². The Morgan fingerprint density at radius 3 is 2.47 bits per heavy atom. The zero-order chi connectivity index (χ0) is 23.3. The van der Waals surface area contributed by atoms with E-state index in [1.54, 1.807) is 0 Å². The highest BCUT2D eigenvalue weighted by Crippen LogP contribution is 2.33. The summed E-state index contributed by atoms with van der Waals surface area (Å²) in [6.45, 7) is 6.12. The molecule has 5 heteroatoms. The van der Waals surface area contributed by atoms with Gasteiger partial charge in [0.1, 0.15) is 0 Å². The first-order valence-corrected chi connectivity index (χ1v) is 12.2. The third kappa shape index (κ3) is 5.42. The van der Waals surface area contributed by atoms with Crippen molar-refractivity contribution in [1.82, 2.24) is 10.2 Å². The highest BCUT2D eigenvalue weighted by atomic mass is 16.7. The molecule has 0 saturated carbocycles. The number of ether oxygens (including phenoxy) is 2. The summed E-state index contributed by atoms with van der Waals surface area (Å²) < 4.78 is 10.9. The lowest BCUT2D eigenvalue weighted by atomic mass is 9.89. The maximum Gasteiger partial charge on any atom is 0.251 e. The molecule has 1 fully saturated rings. The van der Waals surface area contributed by atoms with E-state index in [4.69, 9.17) is 9.47 Å². The zero-order valence-electron chi connectivity index (χ0n) is 19.8. The second-order valence-corrected chi connectivity index (χ2v) is 9.42. The maximum atomic E-state index is 12.5. The van der Waals surface area contributed by atoms with Crippen LogP contribution < -0.4 is 14.8 Å². The normalized spacial score (nSPS) is 15.9. The molecule has 0 spiro atoms. The molecule has 3 aromatic rings. The number of carbonyl (C=O) groups excluding carboxylic acids is 1. The van der Waals surface area contributed by atoms with Crippen molar-refractivity contribution in [2.24, 2.45) is 5.92 Å². The molecule has 5 rings (SSSR count). The SMILES string of the molecule is Cc1ccccc1CNC(=O)c1ccc(CC2CCN(Cc3ccc4c(c3)OCO4)CC2)cc1. The summed E-state index contributed by atoms with van der Waals surface area (Å²) in [7, 11) is 0.